The van der Waals surface area contributed by atoms with Crippen molar-refractivity contribution in [3.63, 3.8) is 0 Å². The Morgan fingerprint density at radius 2 is 0.942 bits per heavy atom. The van der Waals surface area contributed by atoms with Gasteiger partial charge in [-0.15, -0.1) is 0 Å². The molecule has 1 aliphatic rings. The fraction of sp³-hybridized carbons (Fsp3) is 0. The van der Waals surface area contributed by atoms with E-state index in [1.165, 1.54) is 104 Å². The predicted molar refractivity (Wildman–Crippen MR) is 220 cm³/mol. The first kappa shape index (κ1) is 27.9. The van der Waals surface area contributed by atoms with Gasteiger partial charge in [-0.25, -0.2) is 0 Å². The Bertz CT molecular complexity index is 3270. The van der Waals surface area contributed by atoms with Crippen LogP contribution in [0.1, 0.15) is 0 Å². The van der Waals surface area contributed by atoms with E-state index < -0.39 is 0 Å². The SMILES string of the molecule is c1ccc(-n2c3ccccc3c3ccc(-c4ccc(-n5c6ccc7ccccc7c6c6cc7c8c(cccc8c65)-c5ccccc5-7)cc4)cc32)cc1. The number of benzene rings is 9. The van der Waals surface area contributed by atoms with E-state index in [2.05, 4.69) is 191 Å². The summed E-state index contributed by atoms with van der Waals surface area (Å²) >= 11 is 0. The zero-order chi connectivity index (χ0) is 33.9. The molecular formula is C50H30N2. The summed E-state index contributed by atoms with van der Waals surface area (Å²) < 4.78 is 4.90. The molecule has 2 nitrogen and oxygen atoms in total. The number of rotatable bonds is 3. The molecular weight excluding hydrogens is 629 g/mol. The summed E-state index contributed by atoms with van der Waals surface area (Å²) in [7, 11) is 0. The highest BCUT2D eigenvalue weighted by Gasteiger charge is 2.26. The van der Waals surface area contributed by atoms with Crippen molar-refractivity contribution in [1.82, 2.24) is 9.13 Å². The first-order valence-electron chi connectivity index (χ1n) is 18.0. The summed E-state index contributed by atoms with van der Waals surface area (Å²) in [6.45, 7) is 0. The van der Waals surface area contributed by atoms with Crippen molar-refractivity contribution >= 4 is 65.2 Å². The van der Waals surface area contributed by atoms with Crippen LogP contribution in [-0.4, -0.2) is 9.13 Å². The minimum absolute atomic E-state index is 1.16. The summed E-state index contributed by atoms with van der Waals surface area (Å²) in [6.07, 6.45) is 0. The standard InChI is InChI=1S/C50H30N2/c1-2-12-34(13-3-1)51-45-20-9-8-17-39(45)40-27-23-33(29-47(40)51)31-21-25-35(26-22-31)52-46-28-24-32-11-4-5-14-36(32)49(46)44-30-43-38-16-7-6-15-37(38)41-18-10-19-42(48(41)43)50(44)52/h1-30H. The molecule has 1 aliphatic carbocycles. The van der Waals surface area contributed by atoms with Gasteiger partial charge < -0.3 is 9.13 Å². The fourth-order valence-corrected chi connectivity index (χ4v) is 9.22. The molecule has 0 saturated carbocycles. The average molecular weight is 659 g/mol. The van der Waals surface area contributed by atoms with Crippen LogP contribution in [-0.2, 0) is 0 Å². The third kappa shape index (κ3) is 3.68. The number of para-hydroxylation sites is 2. The van der Waals surface area contributed by atoms with Crippen LogP contribution in [0.2, 0.25) is 0 Å². The first-order valence-corrected chi connectivity index (χ1v) is 18.0. The Balaban J connectivity index is 1.10. The molecule has 0 spiro atoms. The molecule has 12 rings (SSSR count). The van der Waals surface area contributed by atoms with Gasteiger partial charge in [-0.3, -0.25) is 0 Å². The zero-order valence-corrected chi connectivity index (χ0v) is 28.2. The first-order chi connectivity index (χ1) is 25.8. The van der Waals surface area contributed by atoms with Crippen LogP contribution in [0.25, 0.3) is 110 Å². The Labute approximate surface area is 300 Å². The van der Waals surface area contributed by atoms with E-state index in [-0.39, 0.29) is 0 Å². The van der Waals surface area contributed by atoms with Crippen molar-refractivity contribution in [1.29, 1.82) is 0 Å². The van der Waals surface area contributed by atoms with Crippen molar-refractivity contribution in [2.24, 2.45) is 0 Å². The number of fused-ring (bicyclic) bond motifs is 12. The van der Waals surface area contributed by atoms with Gasteiger partial charge in [-0.2, -0.15) is 0 Å². The zero-order valence-electron chi connectivity index (χ0n) is 28.2. The second kappa shape index (κ2) is 10.3. The lowest BCUT2D eigenvalue weighted by Crippen LogP contribution is -1.95. The van der Waals surface area contributed by atoms with E-state index in [0.29, 0.717) is 0 Å². The summed E-state index contributed by atoms with van der Waals surface area (Å²) in [4.78, 5) is 0. The summed E-state index contributed by atoms with van der Waals surface area (Å²) in [5.74, 6) is 0. The molecule has 2 aromatic heterocycles. The minimum atomic E-state index is 1.16. The molecule has 0 fully saturated rings. The number of aromatic nitrogens is 2. The molecule has 11 aromatic rings. The lowest BCUT2D eigenvalue weighted by Gasteiger charge is -2.13. The number of hydrogen-bond donors (Lipinski definition) is 0. The maximum Gasteiger partial charge on any atom is 0.0620 e. The maximum absolute atomic E-state index is 2.50. The highest BCUT2D eigenvalue weighted by atomic mass is 15.0. The molecule has 0 unspecified atom stereocenters. The van der Waals surface area contributed by atoms with Crippen molar-refractivity contribution in [2.45, 2.75) is 0 Å². The van der Waals surface area contributed by atoms with E-state index in [0.717, 1.165) is 5.69 Å². The fourth-order valence-electron chi connectivity index (χ4n) is 9.22. The van der Waals surface area contributed by atoms with Crippen LogP contribution in [0.3, 0.4) is 0 Å². The summed E-state index contributed by atoms with van der Waals surface area (Å²) in [5, 5.41) is 10.3. The monoisotopic (exact) mass is 658 g/mol. The lowest BCUT2D eigenvalue weighted by atomic mass is 9.97. The number of hydrogen-bond acceptors (Lipinski definition) is 0. The van der Waals surface area contributed by atoms with Gasteiger partial charge >= 0.3 is 0 Å². The predicted octanol–water partition coefficient (Wildman–Crippen LogP) is 13.5. The minimum Gasteiger partial charge on any atom is -0.309 e. The summed E-state index contributed by atoms with van der Waals surface area (Å²) in [6, 6.07) is 67.1. The van der Waals surface area contributed by atoms with Crippen LogP contribution < -0.4 is 0 Å². The second-order valence-electron chi connectivity index (χ2n) is 14.1. The van der Waals surface area contributed by atoms with Gasteiger partial charge in [0.2, 0.25) is 0 Å². The molecule has 0 bridgehead atoms. The Kier molecular flexibility index (Phi) is 5.53. The van der Waals surface area contributed by atoms with Crippen LogP contribution in [0.15, 0.2) is 182 Å². The van der Waals surface area contributed by atoms with E-state index in [1.807, 2.05) is 0 Å². The Hall–Kier alpha value is -6.90. The molecule has 2 heterocycles. The van der Waals surface area contributed by atoms with Crippen molar-refractivity contribution in [2.75, 3.05) is 0 Å². The molecule has 9 aromatic carbocycles. The smallest absolute Gasteiger partial charge is 0.0620 e. The van der Waals surface area contributed by atoms with Gasteiger partial charge in [0.15, 0.2) is 0 Å². The van der Waals surface area contributed by atoms with Crippen molar-refractivity contribution in [3.05, 3.63) is 182 Å². The molecule has 2 heteroatoms. The third-order valence-corrected chi connectivity index (χ3v) is 11.4. The quantitative estimate of drug-likeness (QED) is 0.179. The molecule has 0 N–H and O–H groups in total. The van der Waals surface area contributed by atoms with Crippen LogP contribution in [0.5, 0.6) is 0 Å². The van der Waals surface area contributed by atoms with Crippen molar-refractivity contribution in [3.8, 4) is 44.8 Å². The highest BCUT2D eigenvalue weighted by molar-refractivity contribution is 6.31. The summed E-state index contributed by atoms with van der Waals surface area (Å²) in [5.41, 5.74) is 15.0. The molecule has 240 valence electrons. The van der Waals surface area contributed by atoms with Crippen molar-refractivity contribution < 1.29 is 0 Å². The van der Waals surface area contributed by atoms with Gasteiger partial charge in [0, 0.05) is 38.3 Å². The van der Waals surface area contributed by atoms with Gasteiger partial charge in [-0.1, -0.05) is 133 Å². The van der Waals surface area contributed by atoms with Crippen LogP contribution in [0, 0.1) is 0 Å². The van der Waals surface area contributed by atoms with E-state index in [4.69, 9.17) is 0 Å². The maximum atomic E-state index is 2.50. The third-order valence-electron chi connectivity index (χ3n) is 11.4. The molecule has 0 amide bonds. The van der Waals surface area contributed by atoms with Gasteiger partial charge in [0.1, 0.15) is 0 Å². The molecule has 52 heavy (non-hydrogen) atoms. The Morgan fingerprint density at radius 1 is 0.288 bits per heavy atom. The highest BCUT2D eigenvalue weighted by Crippen LogP contribution is 2.51. The van der Waals surface area contributed by atoms with E-state index in [1.54, 1.807) is 0 Å². The van der Waals surface area contributed by atoms with Crippen LogP contribution >= 0.6 is 0 Å². The van der Waals surface area contributed by atoms with Gasteiger partial charge in [-0.05, 0) is 98.1 Å². The second-order valence-corrected chi connectivity index (χ2v) is 14.1. The molecule has 0 atom stereocenters. The molecule has 0 aliphatic heterocycles. The van der Waals surface area contributed by atoms with Gasteiger partial charge in [0.25, 0.3) is 0 Å². The Morgan fingerprint density at radius 3 is 1.81 bits per heavy atom. The topological polar surface area (TPSA) is 9.86 Å². The van der Waals surface area contributed by atoms with E-state index >= 15 is 0 Å². The molecule has 0 saturated heterocycles. The largest absolute Gasteiger partial charge is 0.309 e. The van der Waals surface area contributed by atoms with Crippen LogP contribution in [0.4, 0.5) is 0 Å². The number of nitrogens with zero attached hydrogens (tertiary/aromatic N) is 2. The normalized spacial score (nSPS) is 12.2. The lowest BCUT2D eigenvalue weighted by molar-refractivity contribution is 1.18. The average Bonchev–Trinajstić information content (AvgIpc) is 3.85. The van der Waals surface area contributed by atoms with Gasteiger partial charge in [0.05, 0.1) is 22.1 Å². The molecule has 0 radical (unpaired) electrons. The van der Waals surface area contributed by atoms with E-state index in [9.17, 15) is 0 Å².